The molecule has 3 atom stereocenters. The Hall–Kier alpha value is -2.80. The maximum Gasteiger partial charge on any atom is 0.316 e. The van der Waals surface area contributed by atoms with E-state index in [9.17, 15) is 9.59 Å². The first-order valence-corrected chi connectivity index (χ1v) is 12.0. The van der Waals surface area contributed by atoms with Gasteiger partial charge in [-0.05, 0) is 42.7 Å². The number of methoxy groups -OCH3 is 1. The number of halogens is 2. The molecular formula is C26H22Cl2N2O4. The third kappa shape index (κ3) is 3.28. The topological polar surface area (TPSA) is 71.6 Å². The minimum atomic E-state index is -0.776. The van der Waals surface area contributed by atoms with E-state index in [1.54, 1.807) is 12.1 Å². The number of hydrogen-bond donors (Lipinski definition) is 1. The van der Waals surface area contributed by atoms with Gasteiger partial charge in [0.25, 0.3) is 0 Å². The highest BCUT2D eigenvalue weighted by molar-refractivity contribution is 6.50. The van der Waals surface area contributed by atoms with Crippen molar-refractivity contribution >= 4 is 50.9 Å². The zero-order chi connectivity index (χ0) is 23.6. The number of carbonyl (C=O) groups is 2. The lowest BCUT2D eigenvalue weighted by molar-refractivity contribution is -0.156. The Morgan fingerprint density at radius 2 is 2.03 bits per heavy atom. The van der Waals surface area contributed by atoms with Crippen molar-refractivity contribution in [2.24, 2.45) is 5.92 Å². The highest BCUT2D eigenvalue weighted by atomic mass is 35.5. The second kappa shape index (κ2) is 8.15. The van der Waals surface area contributed by atoms with E-state index < -0.39 is 17.9 Å². The monoisotopic (exact) mass is 496 g/mol. The number of piperidine rings is 1. The molecule has 3 aliphatic rings. The Labute approximate surface area is 206 Å². The summed E-state index contributed by atoms with van der Waals surface area (Å²) in [7, 11) is 1.33. The third-order valence-electron chi connectivity index (χ3n) is 7.26. The van der Waals surface area contributed by atoms with Gasteiger partial charge >= 0.3 is 5.97 Å². The summed E-state index contributed by atoms with van der Waals surface area (Å²) < 4.78 is 10.9. The summed E-state index contributed by atoms with van der Waals surface area (Å²) in [4.78, 5) is 31.7. The number of aromatic nitrogens is 1. The van der Waals surface area contributed by atoms with Gasteiger partial charge in [0, 0.05) is 39.3 Å². The molecule has 4 heterocycles. The summed E-state index contributed by atoms with van der Waals surface area (Å²) in [5.74, 6) is -0.656. The SMILES string of the molecule is COC(=O)C1CC2c3[nH]c4ccccc4c3CC(C1=O)N2CC1=C(Cl)c2cc(Cl)ccc2OC1. The van der Waals surface area contributed by atoms with Crippen LogP contribution in [-0.2, 0) is 20.7 Å². The van der Waals surface area contributed by atoms with E-state index in [1.165, 1.54) is 7.11 Å². The quantitative estimate of drug-likeness (QED) is 0.412. The maximum atomic E-state index is 13.5. The Morgan fingerprint density at radius 1 is 1.21 bits per heavy atom. The van der Waals surface area contributed by atoms with Crippen molar-refractivity contribution < 1.29 is 19.1 Å². The lowest BCUT2D eigenvalue weighted by Crippen LogP contribution is -2.57. The molecule has 8 heteroatoms. The van der Waals surface area contributed by atoms with Crippen molar-refractivity contribution in [1.29, 1.82) is 0 Å². The Kier molecular flexibility index (Phi) is 5.21. The van der Waals surface area contributed by atoms with Crippen LogP contribution in [0.25, 0.3) is 15.9 Å². The molecule has 174 valence electrons. The van der Waals surface area contributed by atoms with Crippen LogP contribution in [0, 0.1) is 5.92 Å². The van der Waals surface area contributed by atoms with Crippen LogP contribution in [0.4, 0.5) is 0 Å². The summed E-state index contributed by atoms with van der Waals surface area (Å²) in [5, 5.41) is 2.30. The van der Waals surface area contributed by atoms with Gasteiger partial charge in [0.15, 0.2) is 5.78 Å². The molecule has 1 N–H and O–H groups in total. The van der Waals surface area contributed by atoms with Crippen molar-refractivity contribution in [2.45, 2.75) is 24.9 Å². The fourth-order valence-corrected chi connectivity index (χ4v) is 6.07. The number of ether oxygens (including phenoxy) is 2. The summed E-state index contributed by atoms with van der Waals surface area (Å²) in [6, 6.07) is 12.9. The number of nitrogens with one attached hydrogen (secondary N) is 1. The first kappa shape index (κ1) is 21.7. The van der Waals surface area contributed by atoms with Crippen LogP contribution in [0.5, 0.6) is 5.75 Å². The number of aromatic amines is 1. The molecule has 0 aliphatic carbocycles. The second-order valence-electron chi connectivity index (χ2n) is 9.03. The van der Waals surface area contributed by atoms with Crippen molar-refractivity contribution in [3.05, 3.63) is 69.9 Å². The molecule has 2 bridgehead atoms. The van der Waals surface area contributed by atoms with Crippen LogP contribution in [0.2, 0.25) is 5.02 Å². The highest BCUT2D eigenvalue weighted by Crippen LogP contribution is 2.46. The number of carbonyl (C=O) groups excluding carboxylic acids is 2. The molecule has 0 saturated carbocycles. The van der Waals surface area contributed by atoms with Gasteiger partial charge in [-0.2, -0.15) is 0 Å². The number of fused-ring (bicyclic) bond motifs is 7. The number of nitrogens with zero attached hydrogens (tertiary/aromatic N) is 1. The molecule has 3 aromatic rings. The van der Waals surface area contributed by atoms with Gasteiger partial charge in [-0.3, -0.25) is 14.5 Å². The molecule has 1 aromatic heterocycles. The van der Waals surface area contributed by atoms with Gasteiger partial charge in [0.2, 0.25) is 0 Å². The van der Waals surface area contributed by atoms with E-state index in [-0.39, 0.29) is 11.8 Å². The predicted octanol–water partition coefficient (Wildman–Crippen LogP) is 4.89. The number of rotatable bonds is 3. The molecule has 3 aliphatic heterocycles. The standard InChI is InChI=1S/C26H22Cl2N2O4/c1-33-26(32)18-10-20-24-16(15-4-2-3-5-19(15)29-24)9-21(25(18)31)30(20)11-13-12-34-22-7-6-14(27)8-17(22)23(13)28/h2-8,18,20-21,29H,9-12H2,1H3. The Morgan fingerprint density at radius 3 is 2.85 bits per heavy atom. The predicted molar refractivity (Wildman–Crippen MR) is 130 cm³/mol. The van der Waals surface area contributed by atoms with Crippen LogP contribution in [0.15, 0.2) is 48.0 Å². The molecule has 3 unspecified atom stereocenters. The number of ketones is 1. The summed E-state index contributed by atoms with van der Waals surface area (Å²) in [6.07, 6.45) is 0.881. The molecule has 0 radical (unpaired) electrons. The van der Waals surface area contributed by atoms with Crippen molar-refractivity contribution in [3.63, 3.8) is 0 Å². The Balaban J connectivity index is 1.43. The molecular weight excluding hydrogens is 475 g/mol. The lowest BCUT2D eigenvalue weighted by atomic mass is 9.76. The Bertz CT molecular complexity index is 1380. The number of para-hydroxylation sites is 1. The number of H-pyrrole nitrogens is 1. The minimum absolute atomic E-state index is 0.101. The van der Waals surface area contributed by atoms with Gasteiger partial charge in [-0.1, -0.05) is 41.4 Å². The molecule has 0 spiro atoms. The zero-order valence-electron chi connectivity index (χ0n) is 18.4. The van der Waals surface area contributed by atoms with Gasteiger partial charge in [-0.15, -0.1) is 0 Å². The average molecular weight is 497 g/mol. The van der Waals surface area contributed by atoms with Crippen LogP contribution >= 0.6 is 23.2 Å². The molecule has 6 rings (SSSR count). The summed E-state index contributed by atoms with van der Waals surface area (Å²) >= 11 is 13.0. The number of esters is 1. The average Bonchev–Trinajstić information content (AvgIpc) is 3.21. The smallest absolute Gasteiger partial charge is 0.316 e. The van der Waals surface area contributed by atoms with E-state index in [4.69, 9.17) is 32.7 Å². The van der Waals surface area contributed by atoms with Gasteiger partial charge in [0.1, 0.15) is 18.3 Å². The van der Waals surface area contributed by atoms with E-state index in [0.29, 0.717) is 41.8 Å². The van der Waals surface area contributed by atoms with E-state index in [1.807, 2.05) is 24.3 Å². The number of Topliss-reactive ketones (excluding diaryl/α,β-unsaturated/α-hetero) is 1. The minimum Gasteiger partial charge on any atom is -0.488 e. The summed E-state index contributed by atoms with van der Waals surface area (Å²) in [6.45, 7) is 0.784. The first-order chi connectivity index (χ1) is 16.5. The molecule has 0 amide bonds. The van der Waals surface area contributed by atoms with Gasteiger partial charge in [-0.25, -0.2) is 0 Å². The van der Waals surface area contributed by atoms with Crippen molar-refractivity contribution in [3.8, 4) is 5.75 Å². The zero-order valence-corrected chi connectivity index (χ0v) is 19.9. The maximum absolute atomic E-state index is 13.5. The molecule has 1 fully saturated rings. The third-order valence-corrected chi connectivity index (χ3v) is 7.96. The fourth-order valence-electron chi connectivity index (χ4n) is 5.64. The molecule has 1 saturated heterocycles. The highest BCUT2D eigenvalue weighted by Gasteiger charge is 2.50. The first-order valence-electron chi connectivity index (χ1n) is 11.2. The molecule has 6 nitrogen and oxygen atoms in total. The molecule has 34 heavy (non-hydrogen) atoms. The fraction of sp³-hybridized carbons (Fsp3) is 0.308. The normalized spacial score (nSPS) is 24.0. The molecule has 2 aromatic carbocycles. The van der Waals surface area contributed by atoms with Crippen LogP contribution < -0.4 is 4.74 Å². The van der Waals surface area contributed by atoms with E-state index >= 15 is 0 Å². The second-order valence-corrected chi connectivity index (χ2v) is 9.85. The van der Waals surface area contributed by atoms with E-state index in [2.05, 4.69) is 16.0 Å². The van der Waals surface area contributed by atoms with Crippen molar-refractivity contribution in [1.82, 2.24) is 9.88 Å². The van der Waals surface area contributed by atoms with Gasteiger partial charge in [0.05, 0.1) is 24.2 Å². The number of benzene rings is 2. The van der Waals surface area contributed by atoms with E-state index in [0.717, 1.165) is 33.3 Å². The van der Waals surface area contributed by atoms with Crippen LogP contribution in [0.1, 0.15) is 29.3 Å². The lowest BCUT2D eigenvalue weighted by Gasteiger charge is -2.47. The number of hydrogen-bond acceptors (Lipinski definition) is 5. The van der Waals surface area contributed by atoms with Gasteiger partial charge < -0.3 is 14.5 Å². The van der Waals surface area contributed by atoms with Crippen molar-refractivity contribution in [2.75, 3.05) is 20.3 Å². The largest absolute Gasteiger partial charge is 0.488 e. The summed E-state index contributed by atoms with van der Waals surface area (Å²) in [5.41, 5.74) is 4.87. The van der Waals surface area contributed by atoms with Crippen LogP contribution in [0.3, 0.4) is 0 Å². The van der Waals surface area contributed by atoms with Crippen LogP contribution in [-0.4, -0.2) is 47.9 Å².